The number of aromatic nitrogens is 4. The van der Waals surface area contributed by atoms with E-state index >= 15 is 0 Å². The van der Waals surface area contributed by atoms with Crippen molar-refractivity contribution in [1.29, 1.82) is 0 Å². The number of ether oxygens (including phenoxy) is 2. The summed E-state index contributed by atoms with van der Waals surface area (Å²) in [5.74, 6) is 8.35. The largest absolute Gasteiger partial charge is 0.404 e. The van der Waals surface area contributed by atoms with Crippen LogP contribution in [0.2, 0.25) is 0 Å². The average Bonchev–Trinajstić information content (AvgIpc) is 3.71. The molecule has 0 atom stereocenters. The van der Waals surface area contributed by atoms with Crippen molar-refractivity contribution in [1.82, 2.24) is 19.1 Å². The van der Waals surface area contributed by atoms with Crippen molar-refractivity contribution in [3.63, 3.8) is 0 Å². The first-order valence-electron chi connectivity index (χ1n) is 18.0. The van der Waals surface area contributed by atoms with Gasteiger partial charge in [0, 0.05) is 33.4 Å². The van der Waals surface area contributed by atoms with Gasteiger partial charge in [-0.25, -0.2) is 24.5 Å². The summed E-state index contributed by atoms with van der Waals surface area (Å²) < 4.78 is 15.0. The molecule has 0 radical (unpaired) electrons. The van der Waals surface area contributed by atoms with Gasteiger partial charge in [0.1, 0.15) is 25.2 Å². The number of esters is 1. The van der Waals surface area contributed by atoms with E-state index < -0.39 is 12.6 Å². The minimum absolute atomic E-state index is 0.0379. The zero-order valence-corrected chi connectivity index (χ0v) is 31.1. The predicted octanol–water partition coefficient (Wildman–Crippen LogP) is 6.76. The zero-order valence-electron chi connectivity index (χ0n) is 31.1. The van der Waals surface area contributed by atoms with Crippen molar-refractivity contribution in [2.75, 3.05) is 13.4 Å². The highest BCUT2D eigenvalue weighted by Crippen LogP contribution is 2.32. The Balaban J connectivity index is 0.903. The fourth-order valence-electron chi connectivity index (χ4n) is 6.93. The van der Waals surface area contributed by atoms with Gasteiger partial charge in [0.05, 0.1) is 53.6 Å². The second-order valence-corrected chi connectivity index (χ2v) is 13.1. The number of imidazole rings is 2. The number of hydrogen-bond donors (Lipinski definition) is 0. The highest BCUT2D eigenvalue weighted by Gasteiger charge is 2.26. The van der Waals surface area contributed by atoms with Gasteiger partial charge in [-0.1, -0.05) is 60.4 Å². The third-order valence-electron chi connectivity index (χ3n) is 9.65. The molecule has 2 aromatic heterocycles. The minimum Gasteiger partial charge on any atom is -0.404 e. The van der Waals surface area contributed by atoms with Crippen LogP contribution in [-0.4, -0.2) is 49.9 Å². The van der Waals surface area contributed by atoms with Gasteiger partial charge >= 0.3 is 5.97 Å². The van der Waals surface area contributed by atoms with E-state index in [2.05, 4.69) is 52.9 Å². The molecular weight excluding hydrogens is 705 g/mol. The first-order chi connectivity index (χ1) is 27.4. The molecule has 11 heteroatoms. The summed E-state index contributed by atoms with van der Waals surface area (Å²) in [6, 6.07) is 28.1. The van der Waals surface area contributed by atoms with Crippen molar-refractivity contribution >= 4 is 17.4 Å². The molecule has 0 N–H and O–H groups in total. The van der Waals surface area contributed by atoms with Gasteiger partial charge in [0.15, 0.2) is 6.79 Å². The molecule has 0 bridgehead atoms. The number of nitrogens with zero attached hydrogens (tertiary/aromatic N) is 6. The van der Waals surface area contributed by atoms with E-state index in [0.717, 1.165) is 73.0 Å². The maximum atomic E-state index is 12.9. The standard InChI is InChI=1S/C45H36N6O5/c1-5-11-32-17-19-38-36(21-32)44(34-15-10-8-13-30(34)4)46-22-40-37(48-26-50(38)40)24-54-55-28-53-25-42(52)56-45-41-23-47-43(33-14-9-7-12-29(33)3)35-20-31(6-2)16-18-39(35)51(41)27-49-45/h2,7-10,12-21,26-27H,22-25,28H2,1,3-4H3. The number of aryl methyl sites for hydroxylation is 2. The lowest BCUT2D eigenvalue weighted by Crippen LogP contribution is -2.18. The molecule has 0 spiro atoms. The Morgan fingerprint density at radius 1 is 0.750 bits per heavy atom. The van der Waals surface area contributed by atoms with Crippen LogP contribution in [0.4, 0.5) is 0 Å². The number of carbonyl (C=O) groups excluding carboxylic acids is 1. The van der Waals surface area contributed by atoms with Crippen LogP contribution in [0.3, 0.4) is 0 Å². The number of hydrogen-bond acceptors (Lipinski definition) is 9. The molecule has 276 valence electrons. The normalized spacial score (nSPS) is 12.6. The van der Waals surface area contributed by atoms with Gasteiger partial charge < -0.3 is 14.0 Å². The van der Waals surface area contributed by atoms with E-state index in [1.165, 1.54) is 0 Å². The highest BCUT2D eigenvalue weighted by molar-refractivity contribution is 6.17. The van der Waals surface area contributed by atoms with Crippen molar-refractivity contribution in [3.8, 4) is 41.4 Å². The highest BCUT2D eigenvalue weighted by atomic mass is 17.2. The second kappa shape index (κ2) is 15.8. The number of carbonyl (C=O) groups is 1. The van der Waals surface area contributed by atoms with E-state index in [1.54, 1.807) is 12.7 Å². The van der Waals surface area contributed by atoms with Gasteiger partial charge in [-0.3, -0.25) is 14.6 Å². The fourth-order valence-corrected chi connectivity index (χ4v) is 6.93. The Hall–Kier alpha value is -6.89. The first-order valence-corrected chi connectivity index (χ1v) is 18.0. The topological polar surface area (TPSA) is 114 Å². The van der Waals surface area contributed by atoms with Crippen molar-refractivity contribution in [2.45, 2.75) is 40.5 Å². The number of benzene rings is 4. The third-order valence-corrected chi connectivity index (χ3v) is 9.65. The van der Waals surface area contributed by atoms with E-state index in [-0.39, 0.29) is 25.8 Å². The Kier molecular flexibility index (Phi) is 10.2. The minimum atomic E-state index is -0.654. The van der Waals surface area contributed by atoms with E-state index in [1.807, 2.05) is 89.7 Å². The molecule has 8 rings (SSSR count). The van der Waals surface area contributed by atoms with Crippen LogP contribution in [0.15, 0.2) is 108 Å². The van der Waals surface area contributed by atoms with Crippen LogP contribution in [0.5, 0.6) is 5.88 Å². The molecule has 0 fully saturated rings. The summed E-state index contributed by atoms with van der Waals surface area (Å²) in [7, 11) is 0. The Labute approximate surface area is 324 Å². The third kappa shape index (κ3) is 7.06. The molecule has 0 aliphatic carbocycles. The number of rotatable bonds is 10. The number of aliphatic imine (C=N–C) groups is 2. The first kappa shape index (κ1) is 36.1. The van der Waals surface area contributed by atoms with Crippen LogP contribution in [0, 0.1) is 38.0 Å². The quantitative estimate of drug-likeness (QED) is 0.0381. The summed E-state index contributed by atoms with van der Waals surface area (Å²) in [5.41, 5.74) is 13.3. The molecule has 0 unspecified atom stereocenters. The van der Waals surface area contributed by atoms with E-state index in [0.29, 0.717) is 17.9 Å². The lowest BCUT2D eigenvalue weighted by molar-refractivity contribution is -0.343. The van der Waals surface area contributed by atoms with Crippen molar-refractivity contribution in [2.24, 2.45) is 9.98 Å². The lowest BCUT2D eigenvalue weighted by atomic mass is 9.95. The molecule has 2 aliphatic heterocycles. The number of terminal acetylenes is 1. The van der Waals surface area contributed by atoms with Gasteiger partial charge in [-0.15, -0.1) is 12.3 Å². The van der Waals surface area contributed by atoms with Crippen LogP contribution in [-0.2, 0) is 39.0 Å². The molecule has 4 heterocycles. The maximum absolute atomic E-state index is 12.9. The van der Waals surface area contributed by atoms with E-state index in [4.69, 9.17) is 35.7 Å². The molecule has 0 saturated carbocycles. The summed E-state index contributed by atoms with van der Waals surface area (Å²) in [5, 5.41) is 0. The zero-order chi connectivity index (χ0) is 38.6. The van der Waals surface area contributed by atoms with Crippen LogP contribution >= 0.6 is 0 Å². The fraction of sp³-hybridized carbons (Fsp3) is 0.178. The van der Waals surface area contributed by atoms with Crippen molar-refractivity contribution in [3.05, 3.63) is 159 Å². The maximum Gasteiger partial charge on any atom is 0.338 e. The molecule has 11 nitrogen and oxygen atoms in total. The average molecular weight is 741 g/mol. The smallest absolute Gasteiger partial charge is 0.338 e. The van der Waals surface area contributed by atoms with Crippen LogP contribution in [0.25, 0.3) is 11.4 Å². The van der Waals surface area contributed by atoms with Gasteiger partial charge in [0.2, 0.25) is 5.88 Å². The van der Waals surface area contributed by atoms with Gasteiger partial charge in [0.25, 0.3) is 0 Å². The van der Waals surface area contributed by atoms with Crippen LogP contribution in [0.1, 0.15) is 68.5 Å². The van der Waals surface area contributed by atoms with Crippen LogP contribution < -0.4 is 4.74 Å². The SMILES string of the molecule is C#Cc1ccc2c(c1)C(c1ccccc1C)=NCc1c(OC(=O)COCOOCc3ncn4c3CN=C(c3ccccc3C)c3cc(C#CC)ccc3-4)ncn1-2. The summed E-state index contributed by atoms with van der Waals surface area (Å²) >= 11 is 0. The molecule has 2 aliphatic rings. The molecule has 4 aromatic carbocycles. The molecular formula is C45H36N6O5. The molecule has 6 aromatic rings. The Morgan fingerprint density at radius 3 is 2.02 bits per heavy atom. The van der Waals surface area contributed by atoms with Gasteiger partial charge in [-0.05, 0) is 68.3 Å². The van der Waals surface area contributed by atoms with E-state index in [9.17, 15) is 4.79 Å². The van der Waals surface area contributed by atoms with Gasteiger partial charge in [-0.2, -0.15) is 0 Å². The Morgan fingerprint density at radius 2 is 1.36 bits per heavy atom. The summed E-state index contributed by atoms with van der Waals surface area (Å²) in [6.45, 7) is 5.87. The summed E-state index contributed by atoms with van der Waals surface area (Å²) in [6.07, 6.45) is 9.13. The summed E-state index contributed by atoms with van der Waals surface area (Å²) in [4.78, 5) is 42.7. The number of fused-ring (bicyclic) bond motifs is 6. The Bertz CT molecular complexity index is 2670. The monoisotopic (exact) mass is 740 g/mol. The van der Waals surface area contributed by atoms with Crippen molar-refractivity contribution < 1.29 is 24.0 Å². The lowest BCUT2D eigenvalue weighted by Gasteiger charge is -2.14. The molecule has 56 heavy (non-hydrogen) atoms. The predicted molar refractivity (Wildman–Crippen MR) is 211 cm³/mol. The molecule has 0 saturated heterocycles. The molecule has 0 amide bonds. The second-order valence-electron chi connectivity index (χ2n) is 13.1.